The molecule has 2 aromatic rings. The number of likely N-dealkylation sites (tertiary alicyclic amines) is 1. The Bertz CT molecular complexity index is 883. The minimum Gasteiger partial charge on any atom is -0.350 e. The second-order valence-corrected chi connectivity index (χ2v) is 7.51. The molecule has 1 atom stereocenters. The van der Waals surface area contributed by atoms with E-state index in [1.54, 1.807) is 24.2 Å². The summed E-state index contributed by atoms with van der Waals surface area (Å²) in [6.45, 7) is 3.25. The van der Waals surface area contributed by atoms with Crippen LogP contribution in [0.2, 0.25) is 0 Å². The summed E-state index contributed by atoms with van der Waals surface area (Å²) in [5.41, 5.74) is 1.48. The maximum Gasteiger partial charge on any atom is 0.255 e. The number of hydrogen-bond donors (Lipinski definition) is 1. The fraction of sp³-hybridized carbons (Fsp3) is 0.409. The number of nitrogens with zero attached hydrogens (tertiary/aromatic N) is 2. The molecule has 6 nitrogen and oxygen atoms in total. The van der Waals surface area contributed by atoms with Gasteiger partial charge in [0.1, 0.15) is 0 Å². The molecule has 1 N–H and O–H groups in total. The minimum atomic E-state index is -0.133. The molecule has 1 aliphatic heterocycles. The molecule has 0 bridgehead atoms. The smallest absolute Gasteiger partial charge is 0.255 e. The van der Waals surface area contributed by atoms with E-state index in [4.69, 9.17) is 0 Å². The number of nitrogens with one attached hydrogen (secondary N) is 1. The van der Waals surface area contributed by atoms with Crippen LogP contribution < -0.4 is 10.9 Å². The quantitative estimate of drug-likeness (QED) is 0.865. The number of carbonyl (C=O) groups excluding carboxylic acids is 2. The van der Waals surface area contributed by atoms with Gasteiger partial charge >= 0.3 is 0 Å². The van der Waals surface area contributed by atoms with Gasteiger partial charge in [-0.3, -0.25) is 14.4 Å². The normalized spacial score (nSPS) is 15.9. The molecule has 0 aliphatic carbocycles. The van der Waals surface area contributed by atoms with Crippen molar-refractivity contribution in [3.05, 3.63) is 70.1 Å². The molecule has 28 heavy (non-hydrogen) atoms. The van der Waals surface area contributed by atoms with Crippen LogP contribution in [-0.2, 0) is 11.8 Å². The van der Waals surface area contributed by atoms with E-state index in [0.717, 1.165) is 18.4 Å². The monoisotopic (exact) mass is 381 g/mol. The molecule has 2 heterocycles. The summed E-state index contributed by atoms with van der Waals surface area (Å²) in [6, 6.07) is 12.9. The van der Waals surface area contributed by atoms with Gasteiger partial charge in [-0.1, -0.05) is 30.3 Å². The van der Waals surface area contributed by atoms with Gasteiger partial charge in [-0.15, -0.1) is 0 Å². The van der Waals surface area contributed by atoms with Crippen molar-refractivity contribution in [3.8, 4) is 0 Å². The van der Waals surface area contributed by atoms with E-state index in [9.17, 15) is 14.4 Å². The van der Waals surface area contributed by atoms with Crippen molar-refractivity contribution in [1.82, 2.24) is 14.8 Å². The first-order valence-electron chi connectivity index (χ1n) is 9.74. The molecule has 1 fully saturated rings. The van der Waals surface area contributed by atoms with Crippen molar-refractivity contribution in [2.45, 2.75) is 32.2 Å². The Hall–Kier alpha value is -2.89. The number of benzene rings is 1. The van der Waals surface area contributed by atoms with E-state index in [1.807, 2.05) is 37.3 Å². The van der Waals surface area contributed by atoms with Gasteiger partial charge in [0, 0.05) is 38.8 Å². The first kappa shape index (κ1) is 19.9. The van der Waals surface area contributed by atoms with Gasteiger partial charge in [0.25, 0.3) is 5.91 Å². The molecular formula is C22H27N3O3. The maximum absolute atomic E-state index is 12.6. The summed E-state index contributed by atoms with van der Waals surface area (Å²) in [6.07, 6.45) is 3.68. The largest absolute Gasteiger partial charge is 0.350 e. The Kier molecular flexibility index (Phi) is 6.29. The Balaban J connectivity index is 1.48. The lowest BCUT2D eigenvalue weighted by atomic mass is 9.92. The number of rotatable bonds is 5. The van der Waals surface area contributed by atoms with Crippen LogP contribution in [0.15, 0.2) is 53.5 Å². The first-order valence-corrected chi connectivity index (χ1v) is 9.74. The van der Waals surface area contributed by atoms with Gasteiger partial charge in [0.15, 0.2) is 0 Å². The van der Waals surface area contributed by atoms with Gasteiger partial charge in [0.05, 0.1) is 11.6 Å². The van der Waals surface area contributed by atoms with E-state index in [2.05, 4.69) is 5.32 Å². The molecule has 2 amide bonds. The lowest BCUT2D eigenvalue weighted by Crippen LogP contribution is -2.40. The summed E-state index contributed by atoms with van der Waals surface area (Å²) in [7, 11) is 1.64. The third-order valence-electron chi connectivity index (χ3n) is 5.39. The Morgan fingerprint density at radius 1 is 1.11 bits per heavy atom. The van der Waals surface area contributed by atoms with E-state index >= 15 is 0 Å². The number of aryl methyl sites for hydroxylation is 1. The summed E-state index contributed by atoms with van der Waals surface area (Å²) in [4.78, 5) is 38.3. The van der Waals surface area contributed by atoms with Crippen molar-refractivity contribution >= 4 is 11.8 Å². The zero-order chi connectivity index (χ0) is 20.1. The van der Waals surface area contributed by atoms with Crippen molar-refractivity contribution in [3.63, 3.8) is 0 Å². The standard InChI is InChI=1S/C22H27N3O3/c1-16(18-6-4-3-5-7-18)23-20(26)14-17-10-12-25(13-11-17)22(28)19-8-9-21(27)24(2)15-19/h3-9,15-17H,10-14H2,1-2H3,(H,23,26). The highest BCUT2D eigenvalue weighted by Gasteiger charge is 2.25. The predicted molar refractivity (Wildman–Crippen MR) is 108 cm³/mol. The lowest BCUT2D eigenvalue weighted by molar-refractivity contribution is -0.122. The molecule has 0 spiro atoms. The molecule has 1 saturated heterocycles. The highest BCUT2D eigenvalue weighted by Crippen LogP contribution is 2.22. The van der Waals surface area contributed by atoms with Crippen LogP contribution in [0.25, 0.3) is 0 Å². The van der Waals surface area contributed by atoms with E-state index < -0.39 is 0 Å². The molecular weight excluding hydrogens is 354 g/mol. The third-order valence-corrected chi connectivity index (χ3v) is 5.39. The third kappa shape index (κ3) is 4.88. The van der Waals surface area contributed by atoms with Crippen LogP contribution in [0.3, 0.4) is 0 Å². The molecule has 0 radical (unpaired) electrons. The molecule has 1 aromatic carbocycles. The zero-order valence-electron chi connectivity index (χ0n) is 16.4. The Morgan fingerprint density at radius 2 is 1.79 bits per heavy atom. The highest BCUT2D eigenvalue weighted by molar-refractivity contribution is 5.94. The van der Waals surface area contributed by atoms with Gasteiger partial charge in [-0.2, -0.15) is 0 Å². The molecule has 148 valence electrons. The number of aromatic nitrogens is 1. The minimum absolute atomic E-state index is 0.0138. The molecule has 1 aromatic heterocycles. The number of piperidine rings is 1. The topological polar surface area (TPSA) is 71.4 Å². The van der Waals surface area contributed by atoms with Crippen LogP contribution >= 0.6 is 0 Å². The van der Waals surface area contributed by atoms with Crippen LogP contribution in [0.5, 0.6) is 0 Å². The molecule has 1 aliphatic rings. The summed E-state index contributed by atoms with van der Waals surface area (Å²) in [5, 5.41) is 3.06. The second-order valence-electron chi connectivity index (χ2n) is 7.51. The average Bonchev–Trinajstić information content (AvgIpc) is 2.70. The SMILES string of the molecule is CC(NC(=O)CC1CCN(C(=O)c2ccc(=O)n(C)c2)CC1)c1ccccc1. The van der Waals surface area contributed by atoms with Crippen LogP contribution in [0.1, 0.15) is 48.1 Å². The first-order chi connectivity index (χ1) is 13.4. The van der Waals surface area contributed by atoms with Crippen molar-refractivity contribution in [1.29, 1.82) is 0 Å². The summed E-state index contributed by atoms with van der Waals surface area (Å²) < 4.78 is 1.41. The lowest BCUT2D eigenvalue weighted by Gasteiger charge is -2.32. The number of carbonyl (C=O) groups is 2. The highest BCUT2D eigenvalue weighted by atomic mass is 16.2. The van der Waals surface area contributed by atoms with E-state index in [0.29, 0.717) is 25.1 Å². The average molecular weight is 381 g/mol. The fourth-order valence-electron chi connectivity index (χ4n) is 3.63. The Labute approximate surface area is 165 Å². The number of pyridine rings is 1. The van der Waals surface area contributed by atoms with Crippen LogP contribution in [0.4, 0.5) is 0 Å². The number of amides is 2. The van der Waals surface area contributed by atoms with Crippen molar-refractivity contribution < 1.29 is 9.59 Å². The number of hydrogen-bond acceptors (Lipinski definition) is 3. The molecule has 0 saturated carbocycles. The molecule has 1 unspecified atom stereocenters. The Morgan fingerprint density at radius 3 is 2.43 bits per heavy atom. The van der Waals surface area contributed by atoms with Crippen molar-refractivity contribution in [2.75, 3.05) is 13.1 Å². The fourth-order valence-corrected chi connectivity index (χ4v) is 3.63. The van der Waals surface area contributed by atoms with Crippen LogP contribution in [0, 0.1) is 5.92 Å². The summed E-state index contributed by atoms with van der Waals surface area (Å²) in [5.74, 6) is 0.280. The zero-order valence-corrected chi connectivity index (χ0v) is 16.4. The molecule has 6 heteroatoms. The van der Waals surface area contributed by atoms with Crippen molar-refractivity contribution in [2.24, 2.45) is 13.0 Å². The molecule has 3 rings (SSSR count). The van der Waals surface area contributed by atoms with E-state index in [-0.39, 0.29) is 29.3 Å². The maximum atomic E-state index is 12.6. The second kappa shape index (κ2) is 8.87. The van der Waals surface area contributed by atoms with Gasteiger partial charge < -0.3 is 14.8 Å². The van der Waals surface area contributed by atoms with E-state index in [1.165, 1.54) is 10.6 Å². The van der Waals surface area contributed by atoms with Crippen LogP contribution in [-0.4, -0.2) is 34.4 Å². The van der Waals surface area contributed by atoms with Gasteiger partial charge in [-0.05, 0) is 37.3 Å². The van der Waals surface area contributed by atoms with Gasteiger partial charge in [-0.25, -0.2) is 0 Å². The summed E-state index contributed by atoms with van der Waals surface area (Å²) >= 11 is 0. The van der Waals surface area contributed by atoms with Gasteiger partial charge in [0.2, 0.25) is 11.5 Å². The predicted octanol–water partition coefficient (Wildman–Crippen LogP) is 2.51.